The monoisotopic (exact) mass is 315 g/mol. The van der Waals surface area contributed by atoms with E-state index in [1.54, 1.807) is 7.11 Å². The van der Waals surface area contributed by atoms with Gasteiger partial charge in [-0.2, -0.15) is 0 Å². The third-order valence-corrected chi connectivity index (χ3v) is 4.04. The number of ether oxygens (including phenoxy) is 2. The molecule has 0 amide bonds. The van der Waals surface area contributed by atoms with E-state index in [1.807, 2.05) is 36.4 Å². The van der Waals surface area contributed by atoms with Crippen molar-refractivity contribution in [3.8, 4) is 11.5 Å². The molecule has 22 heavy (non-hydrogen) atoms. The number of benzene rings is 2. The van der Waals surface area contributed by atoms with Crippen LogP contribution < -0.4 is 9.47 Å². The van der Waals surface area contributed by atoms with Crippen molar-refractivity contribution < 1.29 is 9.47 Å². The maximum absolute atomic E-state index is 6.37. The van der Waals surface area contributed by atoms with E-state index in [9.17, 15) is 0 Å². The van der Waals surface area contributed by atoms with Gasteiger partial charge in [-0.3, -0.25) is 0 Å². The molecule has 0 N–H and O–H groups in total. The molecule has 0 saturated carbocycles. The first-order valence-corrected chi connectivity index (χ1v) is 7.63. The van der Waals surface area contributed by atoms with Crippen molar-refractivity contribution in [2.75, 3.05) is 7.11 Å². The highest BCUT2D eigenvalue weighted by atomic mass is 35.5. The van der Waals surface area contributed by atoms with Gasteiger partial charge >= 0.3 is 0 Å². The van der Waals surface area contributed by atoms with Crippen LogP contribution in [-0.2, 0) is 13.2 Å². The van der Waals surface area contributed by atoms with E-state index in [4.69, 9.17) is 21.1 Å². The number of hydrogen-bond donors (Lipinski definition) is 0. The quantitative estimate of drug-likeness (QED) is 0.668. The van der Waals surface area contributed by atoms with E-state index in [1.165, 1.54) is 0 Å². The fraction of sp³-hybridized carbons (Fsp3) is 0.222. The van der Waals surface area contributed by atoms with E-state index >= 15 is 0 Å². The van der Waals surface area contributed by atoms with Crippen LogP contribution in [-0.4, -0.2) is 11.7 Å². The van der Waals surface area contributed by atoms with Gasteiger partial charge in [-0.25, -0.2) is 0 Å². The lowest BCUT2D eigenvalue weighted by Gasteiger charge is -2.07. The van der Waals surface area contributed by atoms with E-state index in [2.05, 4.69) is 23.8 Å². The molecule has 1 aromatic heterocycles. The van der Waals surface area contributed by atoms with Crippen molar-refractivity contribution in [3.63, 3.8) is 0 Å². The molecule has 0 unspecified atom stereocenters. The molecule has 0 radical (unpaired) electrons. The Kier molecular flexibility index (Phi) is 4.25. The summed E-state index contributed by atoms with van der Waals surface area (Å²) in [6, 6.07) is 13.6. The Morgan fingerprint density at radius 3 is 2.45 bits per heavy atom. The molecule has 0 atom stereocenters. The Bertz CT molecular complexity index is 778. The van der Waals surface area contributed by atoms with Crippen LogP contribution in [0.15, 0.2) is 48.7 Å². The summed E-state index contributed by atoms with van der Waals surface area (Å²) in [6.07, 6.45) is 2.11. The zero-order chi connectivity index (χ0) is 15.5. The standard InChI is InChI=1S/C18H18ClNO2/c1-3-20-11-13(18-16(19)5-4-6-17(18)20)12-22-15-9-7-14(21-2)8-10-15/h4-11H,3,12H2,1-2H3. The van der Waals surface area contributed by atoms with Crippen molar-refractivity contribution in [2.24, 2.45) is 0 Å². The zero-order valence-electron chi connectivity index (χ0n) is 12.7. The molecule has 3 rings (SSSR count). The molecule has 1 heterocycles. The van der Waals surface area contributed by atoms with Crippen molar-refractivity contribution >= 4 is 22.5 Å². The largest absolute Gasteiger partial charge is 0.497 e. The molecule has 3 nitrogen and oxygen atoms in total. The smallest absolute Gasteiger partial charge is 0.120 e. The average molecular weight is 316 g/mol. The first-order valence-electron chi connectivity index (χ1n) is 7.26. The number of methoxy groups -OCH3 is 1. The number of halogens is 1. The van der Waals surface area contributed by atoms with Crippen LogP contribution in [0.2, 0.25) is 5.02 Å². The minimum absolute atomic E-state index is 0.486. The van der Waals surface area contributed by atoms with Gasteiger partial charge in [0.05, 0.1) is 12.1 Å². The zero-order valence-corrected chi connectivity index (χ0v) is 13.4. The Morgan fingerprint density at radius 1 is 1.05 bits per heavy atom. The molecule has 3 aromatic rings. The van der Waals surface area contributed by atoms with Gasteiger partial charge in [0, 0.05) is 29.2 Å². The second kappa shape index (κ2) is 6.32. The lowest BCUT2D eigenvalue weighted by Crippen LogP contribution is -1.95. The molecule has 0 spiro atoms. The highest BCUT2D eigenvalue weighted by molar-refractivity contribution is 6.35. The second-order valence-electron chi connectivity index (χ2n) is 5.04. The normalized spacial score (nSPS) is 10.9. The Labute approximate surface area is 135 Å². The number of nitrogens with zero attached hydrogens (tertiary/aromatic N) is 1. The Morgan fingerprint density at radius 2 is 1.77 bits per heavy atom. The minimum atomic E-state index is 0.486. The van der Waals surface area contributed by atoms with Crippen LogP contribution in [0.3, 0.4) is 0 Å². The molecule has 2 aromatic carbocycles. The van der Waals surface area contributed by atoms with E-state index in [0.29, 0.717) is 6.61 Å². The molecule has 0 bridgehead atoms. The van der Waals surface area contributed by atoms with Crippen LogP contribution in [0.5, 0.6) is 11.5 Å². The number of hydrogen-bond acceptors (Lipinski definition) is 2. The van der Waals surface area contributed by atoms with Crippen molar-refractivity contribution in [2.45, 2.75) is 20.1 Å². The van der Waals surface area contributed by atoms with Crippen molar-refractivity contribution in [1.29, 1.82) is 0 Å². The van der Waals surface area contributed by atoms with Gasteiger partial charge in [0.25, 0.3) is 0 Å². The second-order valence-corrected chi connectivity index (χ2v) is 5.45. The summed E-state index contributed by atoms with van der Waals surface area (Å²) >= 11 is 6.37. The number of aromatic nitrogens is 1. The first-order chi connectivity index (χ1) is 10.7. The summed E-state index contributed by atoms with van der Waals surface area (Å²) in [5.74, 6) is 1.63. The number of rotatable bonds is 5. The van der Waals surface area contributed by atoms with Crippen LogP contribution in [0, 0.1) is 0 Å². The van der Waals surface area contributed by atoms with Crippen molar-refractivity contribution in [3.05, 3.63) is 59.2 Å². The fourth-order valence-corrected chi connectivity index (χ4v) is 2.89. The van der Waals surface area contributed by atoms with Crippen molar-refractivity contribution in [1.82, 2.24) is 4.57 Å². The molecule has 4 heteroatoms. The first kappa shape index (κ1) is 14.8. The molecule has 114 valence electrons. The van der Waals surface area contributed by atoms with Crippen LogP contribution in [0.1, 0.15) is 12.5 Å². The minimum Gasteiger partial charge on any atom is -0.497 e. The summed E-state index contributed by atoms with van der Waals surface area (Å²) in [4.78, 5) is 0. The van der Waals surface area contributed by atoms with Gasteiger partial charge in [-0.1, -0.05) is 17.7 Å². The van der Waals surface area contributed by atoms with Crippen LogP contribution >= 0.6 is 11.6 Å². The SMILES string of the molecule is CCn1cc(COc2ccc(OC)cc2)c2c(Cl)cccc21. The fourth-order valence-electron chi connectivity index (χ4n) is 2.60. The maximum atomic E-state index is 6.37. The maximum Gasteiger partial charge on any atom is 0.120 e. The summed E-state index contributed by atoms with van der Waals surface area (Å²) in [5.41, 5.74) is 2.24. The lowest BCUT2D eigenvalue weighted by atomic mass is 10.2. The third kappa shape index (κ3) is 2.77. The molecular formula is C18H18ClNO2. The molecular weight excluding hydrogens is 298 g/mol. The van der Waals surface area contributed by atoms with Gasteiger partial charge in [-0.05, 0) is 43.3 Å². The molecule has 0 aliphatic heterocycles. The van der Waals surface area contributed by atoms with E-state index in [0.717, 1.165) is 39.5 Å². The van der Waals surface area contributed by atoms with Gasteiger partial charge in [-0.15, -0.1) is 0 Å². The lowest BCUT2D eigenvalue weighted by molar-refractivity contribution is 0.306. The third-order valence-electron chi connectivity index (χ3n) is 3.73. The van der Waals surface area contributed by atoms with Gasteiger partial charge in [0.15, 0.2) is 0 Å². The Balaban J connectivity index is 1.87. The van der Waals surface area contributed by atoms with Crippen LogP contribution in [0.25, 0.3) is 10.9 Å². The predicted molar refractivity (Wildman–Crippen MR) is 89.9 cm³/mol. The highest BCUT2D eigenvalue weighted by Gasteiger charge is 2.11. The molecule has 0 fully saturated rings. The summed E-state index contributed by atoms with van der Waals surface area (Å²) in [6.45, 7) is 3.51. The van der Waals surface area contributed by atoms with E-state index in [-0.39, 0.29) is 0 Å². The van der Waals surface area contributed by atoms with Gasteiger partial charge in [0.1, 0.15) is 18.1 Å². The molecule has 0 aliphatic carbocycles. The molecule has 0 aliphatic rings. The van der Waals surface area contributed by atoms with Gasteiger partial charge < -0.3 is 14.0 Å². The summed E-state index contributed by atoms with van der Waals surface area (Å²) in [5, 5.41) is 1.83. The van der Waals surface area contributed by atoms with Crippen LogP contribution in [0.4, 0.5) is 0 Å². The number of aryl methyl sites for hydroxylation is 1. The predicted octanol–water partition coefficient (Wildman–Crippen LogP) is 4.90. The van der Waals surface area contributed by atoms with E-state index < -0.39 is 0 Å². The van der Waals surface area contributed by atoms with Gasteiger partial charge in [0.2, 0.25) is 0 Å². The topological polar surface area (TPSA) is 23.4 Å². The summed E-state index contributed by atoms with van der Waals surface area (Å²) < 4.78 is 13.2. The Hall–Kier alpha value is -2.13. The highest BCUT2D eigenvalue weighted by Crippen LogP contribution is 2.30. The molecule has 0 saturated heterocycles. The summed E-state index contributed by atoms with van der Waals surface area (Å²) in [7, 11) is 1.65. The number of fused-ring (bicyclic) bond motifs is 1. The average Bonchev–Trinajstić information content (AvgIpc) is 2.93.